The maximum Gasteiger partial charge on any atom is 0.168 e. The fraction of sp³-hybridized carbons (Fsp3) is 0.429. The Morgan fingerprint density at radius 2 is 0.963 bits per heavy atom. The van der Waals surface area contributed by atoms with Crippen LogP contribution in [0.25, 0.3) is 0 Å². The lowest BCUT2D eigenvalue weighted by molar-refractivity contribution is 0.233. The normalized spacial score (nSPS) is 9.56. The van der Waals surface area contributed by atoms with Gasteiger partial charge in [0.05, 0.1) is 13.2 Å². The van der Waals surface area contributed by atoms with Crippen molar-refractivity contribution in [1.29, 1.82) is 0 Å². The second-order valence-electron chi connectivity index (χ2n) is 5.12. The van der Waals surface area contributed by atoms with Gasteiger partial charge in [0.2, 0.25) is 0 Å². The first-order chi connectivity index (χ1) is 12.9. The van der Waals surface area contributed by atoms with Gasteiger partial charge in [0.25, 0.3) is 0 Å². The molecule has 0 aliphatic rings. The Hall–Kier alpha value is -2.24. The lowest BCUT2D eigenvalue weighted by atomic mass is 10.2. The van der Waals surface area contributed by atoms with Crippen LogP contribution in [0.2, 0.25) is 0 Å². The Morgan fingerprint density at radius 1 is 0.630 bits per heavy atom. The zero-order valence-corrected chi connectivity index (χ0v) is 16.8. The number of benzene rings is 2. The van der Waals surface area contributed by atoms with Gasteiger partial charge in [-0.05, 0) is 37.1 Å². The van der Waals surface area contributed by atoms with E-state index in [4.69, 9.17) is 9.47 Å². The van der Waals surface area contributed by atoms with E-state index < -0.39 is 23.3 Å². The topological polar surface area (TPSA) is 18.5 Å². The molecule has 0 atom stereocenters. The zero-order valence-electron chi connectivity index (χ0n) is 16.8. The predicted molar refractivity (Wildman–Crippen MR) is 100 cm³/mol. The first-order valence-electron chi connectivity index (χ1n) is 9.05. The number of hydrogen-bond donors (Lipinski definition) is 0. The Kier molecular flexibility index (Phi) is 11.9. The van der Waals surface area contributed by atoms with Crippen LogP contribution in [0, 0.1) is 37.1 Å². The molecule has 0 aliphatic carbocycles. The molecule has 2 rings (SSSR count). The predicted octanol–water partition coefficient (Wildman–Crippen LogP) is 6.76. The summed E-state index contributed by atoms with van der Waals surface area (Å²) < 4.78 is 63.6. The van der Waals surface area contributed by atoms with Crippen LogP contribution in [0.5, 0.6) is 11.5 Å². The lowest BCUT2D eigenvalue weighted by Gasteiger charge is -2.12. The van der Waals surface area contributed by atoms with Crippen LogP contribution in [0.4, 0.5) is 17.6 Å². The molecular formula is C21H28F4O2. The van der Waals surface area contributed by atoms with Gasteiger partial charge in [-0.1, -0.05) is 27.7 Å². The van der Waals surface area contributed by atoms with Crippen LogP contribution in [0.3, 0.4) is 0 Å². The van der Waals surface area contributed by atoms with Gasteiger partial charge < -0.3 is 9.47 Å². The van der Waals surface area contributed by atoms with E-state index in [1.165, 1.54) is 26.0 Å². The van der Waals surface area contributed by atoms with Gasteiger partial charge in [-0.15, -0.1) is 0 Å². The number of ether oxygens (including phenoxy) is 2. The van der Waals surface area contributed by atoms with Crippen molar-refractivity contribution in [2.45, 2.75) is 48.0 Å². The van der Waals surface area contributed by atoms with E-state index in [0.717, 1.165) is 12.1 Å². The van der Waals surface area contributed by atoms with Crippen molar-refractivity contribution < 1.29 is 27.0 Å². The molecule has 0 N–H and O–H groups in total. The second-order valence-corrected chi connectivity index (χ2v) is 5.12. The van der Waals surface area contributed by atoms with E-state index in [1.807, 2.05) is 27.7 Å². The standard InChI is InChI=1S/C17H16F4O2.2C2H6/c1-10-6-12(18)8-14(20)16(10)22-4-3-5-23-17-11(2)7-13(19)9-15(17)21;2*1-2/h6-9H,3-5H2,1-2H3;2*1-2H3. The van der Waals surface area contributed by atoms with Crippen LogP contribution in [-0.4, -0.2) is 13.2 Å². The molecule has 0 spiro atoms. The molecule has 2 nitrogen and oxygen atoms in total. The summed E-state index contributed by atoms with van der Waals surface area (Å²) in [6, 6.07) is 3.84. The number of halogens is 4. The molecule has 0 unspecified atom stereocenters. The van der Waals surface area contributed by atoms with Crippen molar-refractivity contribution >= 4 is 0 Å². The van der Waals surface area contributed by atoms with Gasteiger partial charge in [-0.2, -0.15) is 0 Å². The van der Waals surface area contributed by atoms with Crippen molar-refractivity contribution in [1.82, 2.24) is 0 Å². The Balaban J connectivity index is 0.00000158. The first kappa shape index (κ1) is 24.8. The summed E-state index contributed by atoms with van der Waals surface area (Å²) in [5, 5.41) is 0. The largest absolute Gasteiger partial charge is 0.490 e. The van der Waals surface area contributed by atoms with Crippen LogP contribution in [-0.2, 0) is 0 Å². The molecule has 0 heterocycles. The molecule has 0 bridgehead atoms. The highest BCUT2D eigenvalue weighted by Crippen LogP contribution is 2.25. The van der Waals surface area contributed by atoms with Gasteiger partial charge in [0.1, 0.15) is 11.6 Å². The molecule has 0 amide bonds. The van der Waals surface area contributed by atoms with E-state index in [-0.39, 0.29) is 24.7 Å². The second kappa shape index (κ2) is 13.0. The summed E-state index contributed by atoms with van der Waals surface area (Å²) >= 11 is 0. The lowest BCUT2D eigenvalue weighted by Crippen LogP contribution is -2.08. The third kappa shape index (κ3) is 7.89. The Bertz CT molecular complexity index is 597. The highest BCUT2D eigenvalue weighted by atomic mass is 19.1. The summed E-state index contributed by atoms with van der Waals surface area (Å²) in [6.07, 6.45) is 0.354. The van der Waals surface area contributed by atoms with Crippen LogP contribution in [0.15, 0.2) is 24.3 Å². The molecule has 2 aromatic carbocycles. The number of aryl methyl sites for hydroxylation is 2. The van der Waals surface area contributed by atoms with Gasteiger partial charge in [0.15, 0.2) is 23.1 Å². The van der Waals surface area contributed by atoms with E-state index in [9.17, 15) is 17.6 Å². The molecule has 0 saturated carbocycles. The highest BCUT2D eigenvalue weighted by Gasteiger charge is 2.11. The zero-order chi connectivity index (χ0) is 21.0. The maximum absolute atomic E-state index is 13.5. The van der Waals surface area contributed by atoms with Crippen LogP contribution < -0.4 is 9.47 Å². The summed E-state index contributed by atoms with van der Waals surface area (Å²) in [5.41, 5.74) is 0.702. The monoisotopic (exact) mass is 388 g/mol. The van der Waals surface area contributed by atoms with E-state index in [0.29, 0.717) is 17.5 Å². The molecule has 0 fully saturated rings. The highest BCUT2D eigenvalue weighted by molar-refractivity contribution is 5.35. The molecule has 0 radical (unpaired) electrons. The van der Waals surface area contributed by atoms with E-state index in [2.05, 4.69) is 0 Å². The third-order valence-corrected chi connectivity index (χ3v) is 3.17. The van der Waals surface area contributed by atoms with Crippen LogP contribution >= 0.6 is 0 Å². The van der Waals surface area contributed by atoms with E-state index in [1.54, 1.807) is 0 Å². The third-order valence-electron chi connectivity index (χ3n) is 3.17. The average molecular weight is 388 g/mol. The van der Waals surface area contributed by atoms with Gasteiger partial charge in [-0.25, -0.2) is 17.6 Å². The first-order valence-corrected chi connectivity index (χ1v) is 9.05. The molecule has 0 saturated heterocycles. The van der Waals surface area contributed by atoms with Gasteiger partial charge >= 0.3 is 0 Å². The molecular weight excluding hydrogens is 360 g/mol. The molecule has 6 heteroatoms. The van der Waals surface area contributed by atoms with Gasteiger partial charge in [0, 0.05) is 18.6 Å². The summed E-state index contributed by atoms with van der Waals surface area (Å²) in [7, 11) is 0. The summed E-state index contributed by atoms with van der Waals surface area (Å²) in [5.74, 6) is -2.92. The molecule has 0 aliphatic heterocycles. The van der Waals surface area contributed by atoms with Crippen molar-refractivity contribution in [3.63, 3.8) is 0 Å². The number of hydrogen-bond acceptors (Lipinski definition) is 2. The molecule has 152 valence electrons. The minimum Gasteiger partial charge on any atom is -0.490 e. The molecule has 2 aromatic rings. The number of rotatable bonds is 6. The van der Waals surface area contributed by atoms with Gasteiger partial charge in [-0.3, -0.25) is 0 Å². The SMILES string of the molecule is CC.CC.Cc1cc(F)cc(F)c1OCCCOc1c(C)cc(F)cc1F. The molecule has 27 heavy (non-hydrogen) atoms. The average Bonchev–Trinajstić information content (AvgIpc) is 2.61. The smallest absolute Gasteiger partial charge is 0.168 e. The van der Waals surface area contributed by atoms with Crippen molar-refractivity contribution in [2.75, 3.05) is 13.2 Å². The minimum atomic E-state index is -0.774. The van der Waals surface area contributed by atoms with Crippen molar-refractivity contribution in [2.24, 2.45) is 0 Å². The minimum absolute atomic E-state index is 0.0180. The summed E-state index contributed by atoms with van der Waals surface area (Å²) in [6.45, 7) is 11.3. The quantitative estimate of drug-likeness (QED) is 0.402. The fourth-order valence-corrected chi connectivity index (χ4v) is 2.15. The Morgan fingerprint density at radius 3 is 1.26 bits per heavy atom. The van der Waals surface area contributed by atoms with Crippen molar-refractivity contribution in [3.05, 3.63) is 58.7 Å². The summed E-state index contributed by atoms with van der Waals surface area (Å²) in [4.78, 5) is 0. The van der Waals surface area contributed by atoms with Crippen molar-refractivity contribution in [3.8, 4) is 11.5 Å². The fourth-order valence-electron chi connectivity index (χ4n) is 2.15. The maximum atomic E-state index is 13.5. The van der Waals surface area contributed by atoms with Crippen LogP contribution in [0.1, 0.15) is 45.2 Å². The Labute approximate surface area is 159 Å². The molecule has 0 aromatic heterocycles. The van der Waals surface area contributed by atoms with E-state index >= 15 is 0 Å².